The number of benzene rings is 1. The van der Waals surface area contributed by atoms with Crippen molar-refractivity contribution >= 4 is 15.9 Å². The van der Waals surface area contributed by atoms with Crippen molar-refractivity contribution in [2.45, 2.75) is 38.8 Å². The van der Waals surface area contributed by atoms with Gasteiger partial charge in [-0.25, -0.2) is 4.39 Å². The van der Waals surface area contributed by atoms with Gasteiger partial charge in [0.25, 0.3) is 0 Å². The van der Waals surface area contributed by atoms with Crippen molar-refractivity contribution in [2.75, 3.05) is 19.6 Å². The van der Waals surface area contributed by atoms with Crippen LogP contribution in [0.4, 0.5) is 4.39 Å². The lowest BCUT2D eigenvalue weighted by Gasteiger charge is -2.30. The largest absolute Gasteiger partial charge is 0.317 e. The minimum atomic E-state index is -0.112. The zero-order chi connectivity index (χ0) is 13.7. The smallest absolute Gasteiger partial charge is 0.128 e. The van der Waals surface area contributed by atoms with Crippen LogP contribution < -0.4 is 5.32 Å². The summed E-state index contributed by atoms with van der Waals surface area (Å²) >= 11 is 3.47. The molecule has 0 amide bonds. The van der Waals surface area contributed by atoms with E-state index in [0.717, 1.165) is 36.1 Å². The summed E-state index contributed by atoms with van der Waals surface area (Å²) in [5.74, 6) is -0.112. The maximum Gasteiger partial charge on any atom is 0.128 e. The van der Waals surface area contributed by atoms with Crippen LogP contribution in [-0.2, 0) is 6.54 Å². The molecule has 19 heavy (non-hydrogen) atoms. The lowest BCUT2D eigenvalue weighted by Crippen LogP contribution is -2.35. The standard InChI is InChI=1S/C15H22BrFN2/c1-2-19(12-5-4-9-18-10-8-12)11-13-14(16)6-3-7-15(13)17/h3,6-7,12,18H,2,4-5,8-11H2,1H3. The lowest BCUT2D eigenvalue weighted by molar-refractivity contribution is 0.180. The zero-order valence-corrected chi connectivity index (χ0v) is 13.0. The summed E-state index contributed by atoms with van der Waals surface area (Å²) < 4.78 is 14.8. The molecule has 1 saturated heterocycles. The fourth-order valence-corrected chi connectivity index (χ4v) is 3.22. The van der Waals surface area contributed by atoms with Crippen molar-refractivity contribution in [1.82, 2.24) is 10.2 Å². The molecule has 1 aliphatic heterocycles. The Morgan fingerprint density at radius 2 is 2.21 bits per heavy atom. The predicted octanol–water partition coefficient (Wildman–Crippen LogP) is 3.55. The molecule has 1 aromatic rings. The Bertz CT molecular complexity index is 383. The predicted molar refractivity (Wildman–Crippen MR) is 80.7 cm³/mol. The third kappa shape index (κ3) is 4.01. The normalized spacial score (nSPS) is 20.5. The summed E-state index contributed by atoms with van der Waals surface area (Å²) in [4.78, 5) is 2.40. The maximum absolute atomic E-state index is 13.9. The molecular weight excluding hydrogens is 307 g/mol. The van der Waals surface area contributed by atoms with Crippen molar-refractivity contribution in [1.29, 1.82) is 0 Å². The van der Waals surface area contributed by atoms with Crippen LogP contribution in [0.5, 0.6) is 0 Å². The summed E-state index contributed by atoms with van der Waals surface area (Å²) in [5.41, 5.74) is 0.779. The number of nitrogens with one attached hydrogen (secondary N) is 1. The van der Waals surface area contributed by atoms with Gasteiger partial charge in [-0.2, -0.15) is 0 Å². The van der Waals surface area contributed by atoms with E-state index in [-0.39, 0.29) is 5.82 Å². The van der Waals surface area contributed by atoms with Crippen LogP contribution >= 0.6 is 15.9 Å². The molecule has 1 aromatic carbocycles. The number of halogens is 2. The fraction of sp³-hybridized carbons (Fsp3) is 0.600. The second kappa shape index (κ2) is 7.36. The molecule has 0 aliphatic carbocycles. The molecule has 2 rings (SSSR count). The van der Waals surface area contributed by atoms with Gasteiger partial charge in [0.05, 0.1) is 0 Å². The topological polar surface area (TPSA) is 15.3 Å². The summed E-state index contributed by atoms with van der Waals surface area (Å²) in [6.45, 7) is 5.99. The second-order valence-electron chi connectivity index (χ2n) is 5.10. The molecule has 1 heterocycles. The van der Waals surface area contributed by atoms with Gasteiger partial charge in [-0.05, 0) is 51.0 Å². The van der Waals surface area contributed by atoms with Gasteiger partial charge in [0.15, 0.2) is 0 Å². The van der Waals surface area contributed by atoms with Crippen LogP contribution in [0.25, 0.3) is 0 Å². The Hall–Kier alpha value is -0.450. The Morgan fingerprint density at radius 1 is 1.37 bits per heavy atom. The molecule has 0 aromatic heterocycles. The monoisotopic (exact) mass is 328 g/mol. The van der Waals surface area contributed by atoms with E-state index in [1.165, 1.54) is 12.8 Å². The third-order valence-electron chi connectivity index (χ3n) is 3.89. The quantitative estimate of drug-likeness (QED) is 0.909. The van der Waals surface area contributed by atoms with Gasteiger partial charge in [0.1, 0.15) is 5.82 Å². The highest BCUT2D eigenvalue weighted by molar-refractivity contribution is 9.10. The molecule has 106 valence electrons. The second-order valence-corrected chi connectivity index (χ2v) is 5.95. The highest BCUT2D eigenvalue weighted by Gasteiger charge is 2.20. The first-order valence-corrected chi connectivity index (χ1v) is 7.89. The molecule has 0 spiro atoms. The molecule has 1 N–H and O–H groups in total. The molecular formula is C15H22BrFN2. The van der Waals surface area contributed by atoms with Crippen molar-refractivity contribution in [2.24, 2.45) is 0 Å². The van der Waals surface area contributed by atoms with Crippen molar-refractivity contribution in [3.8, 4) is 0 Å². The van der Waals surface area contributed by atoms with Crippen molar-refractivity contribution in [3.05, 3.63) is 34.1 Å². The third-order valence-corrected chi connectivity index (χ3v) is 4.63. The van der Waals surface area contributed by atoms with E-state index >= 15 is 0 Å². The van der Waals surface area contributed by atoms with Gasteiger partial charge < -0.3 is 5.32 Å². The van der Waals surface area contributed by atoms with Crippen molar-refractivity contribution < 1.29 is 4.39 Å². The summed E-state index contributed by atoms with van der Waals surface area (Å²) in [6.07, 6.45) is 3.56. The van der Waals surface area contributed by atoms with Gasteiger partial charge in [0, 0.05) is 22.6 Å². The lowest BCUT2D eigenvalue weighted by atomic mass is 10.1. The maximum atomic E-state index is 13.9. The summed E-state index contributed by atoms with van der Waals surface area (Å²) in [7, 11) is 0. The average molecular weight is 329 g/mol. The van der Waals surface area contributed by atoms with Crippen LogP contribution in [0.15, 0.2) is 22.7 Å². The molecule has 4 heteroatoms. The SMILES string of the molecule is CCN(Cc1c(F)cccc1Br)C1CCCNCC1. The highest BCUT2D eigenvalue weighted by Crippen LogP contribution is 2.24. The number of nitrogens with zero attached hydrogens (tertiary/aromatic N) is 1. The number of hydrogen-bond donors (Lipinski definition) is 1. The van der Waals surface area contributed by atoms with E-state index in [2.05, 4.69) is 33.1 Å². The molecule has 0 bridgehead atoms. The van der Waals surface area contributed by atoms with E-state index in [0.29, 0.717) is 12.6 Å². The minimum absolute atomic E-state index is 0.112. The molecule has 2 nitrogen and oxygen atoms in total. The van der Waals surface area contributed by atoms with E-state index < -0.39 is 0 Å². The minimum Gasteiger partial charge on any atom is -0.317 e. The Morgan fingerprint density at radius 3 is 2.95 bits per heavy atom. The Kier molecular flexibility index (Phi) is 5.79. The Labute approximate surface area is 123 Å². The van der Waals surface area contributed by atoms with Crippen LogP contribution in [0.3, 0.4) is 0 Å². The van der Waals surface area contributed by atoms with Crippen LogP contribution in [0.1, 0.15) is 31.7 Å². The Balaban J connectivity index is 2.09. The molecule has 1 fully saturated rings. The van der Waals surface area contributed by atoms with E-state index in [9.17, 15) is 4.39 Å². The van der Waals surface area contributed by atoms with Crippen LogP contribution in [0.2, 0.25) is 0 Å². The first kappa shape index (κ1) is 14.9. The molecule has 1 unspecified atom stereocenters. The highest BCUT2D eigenvalue weighted by atomic mass is 79.9. The summed E-state index contributed by atoms with van der Waals surface area (Å²) in [5, 5.41) is 3.43. The first-order valence-electron chi connectivity index (χ1n) is 7.10. The average Bonchev–Trinajstić information content (AvgIpc) is 2.67. The molecule has 1 aliphatic rings. The summed E-state index contributed by atoms with van der Waals surface area (Å²) in [6, 6.07) is 5.77. The van der Waals surface area contributed by atoms with E-state index in [1.54, 1.807) is 12.1 Å². The van der Waals surface area contributed by atoms with Crippen molar-refractivity contribution in [3.63, 3.8) is 0 Å². The fourth-order valence-electron chi connectivity index (χ4n) is 2.75. The van der Waals surface area contributed by atoms with Gasteiger partial charge >= 0.3 is 0 Å². The van der Waals surface area contributed by atoms with Gasteiger partial charge in [0.2, 0.25) is 0 Å². The number of hydrogen-bond acceptors (Lipinski definition) is 2. The molecule has 0 saturated carbocycles. The van der Waals surface area contributed by atoms with E-state index in [4.69, 9.17) is 0 Å². The molecule has 0 radical (unpaired) electrons. The first-order chi connectivity index (χ1) is 9.22. The van der Waals surface area contributed by atoms with Crippen LogP contribution in [-0.4, -0.2) is 30.6 Å². The van der Waals surface area contributed by atoms with E-state index in [1.807, 2.05) is 6.07 Å². The number of rotatable bonds is 4. The zero-order valence-electron chi connectivity index (χ0n) is 11.5. The van der Waals surface area contributed by atoms with Gasteiger partial charge in [-0.15, -0.1) is 0 Å². The molecule has 1 atom stereocenters. The van der Waals surface area contributed by atoms with Crippen LogP contribution in [0, 0.1) is 5.82 Å². The van der Waals surface area contributed by atoms with Gasteiger partial charge in [-0.1, -0.05) is 28.9 Å². The van der Waals surface area contributed by atoms with Gasteiger partial charge in [-0.3, -0.25) is 4.90 Å².